The Kier molecular flexibility index (Phi) is 8.43. The summed E-state index contributed by atoms with van der Waals surface area (Å²) in [7, 11) is -4.55. The van der Waals surface area contributed by atoms with Crippen molar-refractivity contribution in [3.8, 4) is 0 Å². The Labute approximate surface area is 137 Å². The van der Waals surface area contributed by atoms with Crippen molar-refractivity contribution in [3.05, 3.63) is 35.9 Å². The Bertz CT molecular complexity index is 461. The van der Waals surface area contributed by atoms with Gasteiger partial charge in [0.2, 0.25) is 0 Å². The van der Waals surface area contributed by atoms with E-state index in [0.717, 1.165) is 12.0 Å². The number of aliphatic hydroxyl groups excluding tert-OH is 1. The fourth-order valence-corrected chi connectivity index (χ4v) is 2.88. The molecule has 0 aliphatic heterocycles. The minimum Gasteiger partial charge on any atom is -0.747 e. The second-order valence-corrected chi connectivity index (χ2v) is 6.34. The zero-order valence-corrected chi connectivity index (χ0v) is 14.3. The summed E-state index contributed by atoms with van der Waals surface area (Å²) >= 11 is 0. The van der Waals surface area contributed by atoms with Crippen molar-refractivity contribution in [1.82, 2.24) is 0 Å². The van der Waals surface area contributed by atoms with E-state index in [1.54, 1.807) is 24.3 Å². The van der Waals surface area contributed by atoms with Crippen LogP contribution in [0, 0.1) is 0 Å². The third-order valence-corrected chi connectivity index (χ3v) is 4.71. The summed E-state index contributed by atoms with van der Waals surface area (Å²) in [6.45, 7) is 1.29. The summed E-state index contributed by atoms with van der Waals surface area (Å²) < 4.78 is 32.8. The van der Waals surface area contributed by atoms with Crippen LogP contribution in [-0.4, -0.2) is 29.4 Å². The molecule has 0 radical (unpaired) electrons. The first-order valence-electron chi connectivity index (χ1n) is 6.05. The summed E-state index contributed by atoms with van der Waals surface area (Å²) in [6.07, 6.45) is 1.65. The van der Waals surface area contributed by atoms with Crippen LogP contribution in [0.2, 0.25) is 0 Å². The van der Waals surface area contributed by atoms with Crippen LogP contribution in [0.15, 0.2) is 30.3 Å². The zero-order chi connectivity index (χ0) is 13.6. The van der Waals surface area contributed by atoms with Crippen molar-refractivity contribution in [2.75, 3.05) is 6.61 Å². The molecule has 4 nitrogen and oxygen atoms in total. The number of unbranched alkanes of at least 4 members (excludes halogenated alkanes) is 1. The number of benzene rings is 1. The van der Waals surface area contributed by atoms with Gasteiger partial charge in [0.15, 0.2) is 0 Å². The molecule has 102 valence electrons. The van der Waals surface area contributed by atoms with Crippen LogP contribution in [0.1, 0.15) is 31.7 Å². The van der Waals surface area contributed by atoms with Gasteiger partial charge in [0.05, 0.1) is 11.4 Å². The molecule has 6 heteroatoms. The Morgan fingerprint density at radius 1 is 1.26 bits per heavy atom. The molecule has 0 bridgehead atoms. The van der Waals surface area contributed by atoms with E-state index in [-0.39, 0.29) is 42.4 Å². The first-order chi connectivity index (χ1) is 8.45. The normalized spacial score (nSPS) is 14.5. The maximum absolute atomic E-state index is 11.5. The Hall–Kier alpha value is 0.0900. The molecule has 0 fully saturated rings. The van der Waals surface area contributed by atoms with Gasteiger partial charge in [0.25, 0.3) is 0 Å². The van der Waals surface area contributed by atoms with Gasteiger partial charge in [-0.3, -0.25) is 0 Å². The van der Waals surface area contributed by atoms with E-state index in [4.69, 9.17) is 0 Å². The van der Waals surface area contributed by atoms with Gasteiger partial charge in [-0.05, 0) is 18.4 Å². The molecule has 0 amide bonds. The molecule has 1 N–H and O–H groups in total. The van der Waals surface area contributed by atoms with Crippen molar-refractivity contribution in [2.45, 2.75) is 37.4 Å². The molecule has 0 heterocycles. The molecular weight excluding hydrogens is 275 g/mol. The van der Waals surface area contributed by atoms with Gasteiger partial charge >= 0.3 is 29.6 Å². The Morgan fingerprint density at radius 3 is 2.26 bits per heavy atom. The van der Waals surface area contributed by atoms with Crippen molar-refractivity contribution < 1.29 is 47.6 Å². The largest absolute Gasteiger partial charge is 1.00 e. The Morgan fingerprint density at radius 2 is 1.84 bits per heavy atom. The van der Waals surface area contributed by atoms with Crippen LogP contribution in [-0.2, 0) is 16.5 Å². The van der Waals surface area contributed by atoms with Gasteiger partial charge < -0.3 is 9.66 Å². The third-order valence-electron chi connectivity index (χ3n) is 3.17. The van der Waals surface area contributed by atoms with E-state index >= 15 is 0 Å². The second kappa shape index (κ2) is 8.39. The van der Waals surface area contributed by atoms with Gasteiger partial charge in [0, 0.05) is 0 Å². The molecule has 1 rings (SSSR count). The molecule has 0 aliphatic rings. The second-order valence-electron chi connectivity index (χ2n) is 4.56. The SMILES string of the molecule is CCCCC(CO)(Cc1ccccc1)S(=O)(=O)[O-].[Na+]. The molecular formula is C13H19NaO4S. The van der Waals surface area contributed by atoms with E-state index in [0.29, 0.717) is 6.42 Å². The van der Waals surface area contributed by atoms with E-state index in [1.165, 1.54) is 0 Å². The first-order valence-corrected chi connectivity index (χ1v) is 7.46. The van der Waals surface area contributed by atoms with Crippen molar-refractivity contribution >= 4 is 10.1 Å². The van der Waals surface area contributed by atoms with E-state index in [2.05, 4.69) is 0 Å². The molecule has 1 aromatic rings. The van der Waals surface area contributed by atoms with E-state index < -0.39 is 21.5 Å². The van der Waals surface area contributed by atoms with Crippen LogP contribution < -0.4 is 29.6 Å². The molecule has 0 aliphatic carbocycles. The zero-order valence-electron chi connectivity index (χ0n) is 11.5. The van der Waals surface area contributed by atoms with Gasteiger partial charge in [-0.1, -0.05) is 50.1 Å². The van der Waals surface area contributed by atoms with Gasteiger partial charge in [-0.2, -0.15) is 0 Å². The molecule has 0 aromatic heterocycles. The maximum Gasteiger partial charge on any atom is 1.00 e. The number of rotatable bonds is 7. The van der Waals surface area contributed by atoms with Crippen LogP contribution in [0.3, 0.4) is 0 Å². The first kappa shape index (κ1) is 19.1. The quantitative estimate of drug-likeness (QED) is 0.501. The van der Waals surface area contributed by atoms with Gasteiger partial charge in [-0.15, -0.1) is 0 Å². The number of hydrogen-bond acceptors (Lipinski definition) is 4. The number of hydrogen-bond donors (Lipinski definition) is 1. The average Bonchev–Trinajstić information content (AvgIpc) is 2.34. The van der Waals surface area contributed by atoms with Crippen molar-refractivity contribution in [1.29, 1.82) is 0 Å². The topological polar surface area (TPSA) is 77.4 Å². The van der Waals surface area contributed by atoms with Crippen LogP contribution in [0.25, 0.3) is 0 Å². The van der Waals surface area contributed by atoms with Crippen LogP contribution >= 0.6 is 0 Å². The fraction of sp³-hybridized carbons (Fsp3) is 0.538. The summed E-state index contributed by atoms with van der Waals surface area (Å²) in [6, 6.07) is 8.92. The molecule has 1 unspecified atom stereocenters. The summed E-state index contributed by atoms with van der Waals surface area (Å²) in [5, 5.41) is 9.42. The predicted molar refractivity (Wildman–Crippen MR) is 69.2 cm³/mol. The fourth-order valence-electron chi connectivity index (χ4n) is 1.98. The van der Waals surface area contributed by atoms with Crippen LogP contribution in [0.4, 0.5) is 0 Å². The van der Waals surface area contributed by atoms with Crippen LogP contribution in [0.5, 0.6) is 0 Å². The summed E-state index contributed by atoms with van der Waals surface area (Å²) in [5.74, 6) is 0. The summed E-state index contributed by atoms with van der Waals surface area (Å²) in [4.78, 5) is 0. The minimum atomic E-state index is -4.55. The predicted octanol–water partition coefficient (Wildman–Crippen LogP) is -1.30. The molecule has 19 heavy (non-hydrogen) atoms. The smallest absolute Gasteiger partial charge is 0.747 e. The van der Waals surface area contributed by atoms with Crippen molar-refractivity contribution in [2.24, 2.45) is 0 Å². The van der Waals surface area contributed by atoms with E-state index in [9.17, 15) is 18.1 Å². The van der Waals surface area contributed by atoms with Gasteiger partial charge in [-0.25, -0.2) is 8.42 Å². The Balaban J connectivity index is 0.00000324. The number of aliphatic hydroxyl groups is 1. The molecule has 1 atom stereocenters. The maximum atomic E-state index is 11.5. The molecule has 0 saturated carbocycles. The minimum absolute atomic E-state index is 0. The average molecular weight is 294 g/mol. The molecule has 0 spiro atoms. The molecule has 1 aromatic carbocycles. The van der Waals surface area contributed by atoms with Gasteiger partial charge in [0.1, 0.15) is 10.1 Å². The molecule has 0 saturated heterocycles. The third kappa shape index (κ3) is 5.17. The standard InChI is InChI=1S/C13H20O4S.Na/c1-2-3-9-13(11-14,18(15,16)17)10-12-7-5-4-6-8-12;/h4-8,14H,2-3,9-11H2,1H3,(H,15,16,17);/q;+1/p-1. The van der Waals surface area contributed by atoms with Crippen molar-refractivity contribution in [3.63, 3.8) is 0 Å². The van der Waals surface area contributed by atoms with E-state index in [1.807, 2.05) is 13.0 Å². The monoisotopic (exact) mass is 294 g/mol. The summed E-state index contributed by atoms with van der Waals surface area (Å²) in [5.41, 5.74) is 0.752.